The van der Waals surface area contributed by atoms with Crippen molar-refractivity contribution in [1.82, 2.24) is 19.2 Å². The van der Waals surface area contributed by atoms with Crippen LogP contribution in [0.25, 0.3) is 21.6 Å². The maximum Gasteiger partial charge on any atom is 0.211 e. The van der Waals surface area contributed by atoms with Crippen molar-refractivity contribution in [3.8, 4) is 11.4 Å². The molecule has 6 rings (SSSR count). The Hall–Kier alpha value is -2.44. The third-order valence-corrected chi connectivity index (χ3v) is 9.15. The van der Waals surface area contributed by atoms with Crippen molar-refractivity contribution in [3.05, 3.63) is 40.3 Å². The summed E-state index contributed by atoms with van der Waals surface area (Å²) in [4.78, 5) is 21.4. The Balaban J connectivity index is 1.35. The number of rotatable bonds is 5. The Bertz CT molecular complexity index is 1390. The Labute approximate surface area is 209 Å². The first-order valence-electron chi connectivity index (χ1n) is 11.9. The summed E-state index contributed by atoms with van der Waals surface area (Å²) < 4.78 is 30.9. The van der Waals surface area contributed by atoms with Crippen molar-refractivity contribution in [2.75, 3.05) is 63.6 Å². The first-order chi connectivity index (χ1) is 17.0. The molecule has 3 aromatic rings. The van der Waals surface area contributed by atoms with E-state index < -0.39 is 10.0 Å². The van der Waals surface area contributed by atoms with Crippen LogP contribution in [-0.2, 0) is 27.8 Å². The SMILES string of the molecule is CS(=O)(=O)N1CCN(Cc2cc3c(N4CCOCC4)nc(-c4cccc5c4C=NC5)nc3s2)CC1. The zero-order chi connectivity index (χ0) is 24.0. The second-order valence-electron chi connectivity index (χ2n) is 9.19. The summed E-state index contributed by atoms with van der Waals surface area (Å²) in [6, 6.07) is 8.46. The van der Waals surface area contributed by atoms with Gasteiger partial charge in [-0.25, -0.2) is 18.4 Å². The Morgan fingerprint density at radius 1 is 1.06 bits per heavy atom. The van der Waals surface area contributed by atoms with Gasteiger partial charge in [-0.15, -0.1) is 11.3 Å². The minimum atomic E-state index is -3.13. The quantitative estimate of drug-likeness (QED) is 0.518. The van der Waals surface area contributed by atoms with Crippen LogP contribution in [0, 0.1) is 0 Å². The van der Waals surface area contributed by atoms with Gasteiger partial charge in [0.2, 0.25) is 10.0 Å². The van der Waals surface area contributed by atoms with E-state index in [0.717, 1.165) is 65.7 Å². The van der Waals surface area contributed by atoms with E-state index in [0.29, 0.717) is 32.8 Å². The number of hydrogen-bond donors (Lipinski definition) is 0. The lowest BCUT2D eigenvalue weighted by Gasteiger charge is -2.32. The number of ether oxygens (including phenoxy) is 1. The van der Waals surface area contributed by atoms with Gasteiger partial charge in [-0.3, -0.25) is 9.89 Å². The number of thiophene rings is 1. The fraction of sp³-hybridized carbons (Fsp3) is 0.458. The van der Waals surface area contributed by atoms with E-state index in [1.165, 1.54) is 16.7 Å². The molecule has 2 saturated heterocycles. The zero-order valence-corrected chi connectivity index (χ0v) is 21.3. The minimum Gasteiger partial charge on any atom is -0.378 e. The van der Waals surface area contributed by atoms with Crippen LogP contribution in [0.15, 0.2) is 29.3 Å². The highest BCUT2D eigenvalue weighted by molar-refractivity contribution is 7.88. The molecule has 1 aromatic carbocycles. The predicted octanol–water partition coefficient (Wildman–Crippen LogP) is 2.20. The number of aromatic nitrogens is 2. The molecule has 3 aliphatic heterocycles. The van der Waals surface area contributed by atoms with Crippen molar-refractivity contribution < 1.29 is 13.2 Å². The van der Waals surface area contributed by atoms with Crippen molar-refractivity contribution >= 4 is 43.6 Å². The maximum atomic E-state index is 11.8. The molecule has 0 atom stereocenters. The Kier molecular flexibility index (Phi) is 6.05. The molecule has 5 heterocycles. The average molecular weight is 513 g/mol. The van der Waals surface area contributed by atoms with E-state index in [2.05, 4.69) is 39.1 Å². The number of piperazine rings is 1. The van der Waals surface area contributed by atoms with E-state index in [1.807, 2.05) is 6.21 Å². The second-order valence-corrected chi connectivity index (χ2v) is 12.3. The molecule has 2 fully saturated rings. The molecule has 2 aromatic heterocycles. The molecule has 0 N–H and O–H groups in total. The van der Waals surface area contributed by atoms with Gasteiger partial charge in [0.25, 0.3) is 0 Å². The molecule has 0 amide bonds. The van der Waals surface area contributed by atoms with Crippen LogP contribution >= 0.6 is 11.3 Å². The maximum absolute atomic E-state index is 11.8. The predicted molar refractivity (Wildman–Crippen MR) is 139 cm³/mol. The summed E-state index contributed by atoms with van der Waals surface area (Å²) in [5.41, 5.74) is 3.34. The molecule has 184 valence electrons. The fourth-order valence-corrected chi connectivity index (χ4v) is 6.84. The molecule has 35 heavy (non-hydrogen) atoms. The number of hydrogen-bond acceptors (Lipinski definition) is 9. The van der Waals surface area contributed by atoms with Gasteiger partial charge in [0.05, 0.1) is 31.4 Å². The number of sulfonamides is 1. The number of nitrogens with zero attached hydrogens (tertiary/aromatic N) is 6. The molecule has 3 aliphatic rings. The lowest BCUT2D eigenvalue weighted by Crippen LogP contribution is -2.47. The van der Waals surface area contributed by atoms with E-state index in [1.54, 1.807) is 15.6 Å². The van der Waals surface area contributed by atoms with E-state index in [-0.39, 0.29) is 0 Å². The number of fused-ring (bicyclic) bond motifs is 2. The van der Waals surface area contributed by atoms with E-state index in [4.69, 9.17) is 14.7 Å². The lowest BCUT2D eigenvalue weighted by molar-refractivity contribution is 0.122. The summed E-state index contributed by atoms with van der Waals surface area (Å²) >= 11 is 1.70. The third kappa shape index (κ3) is 4.58. The summed E-state index contributed by atoms with van der Waals surface area (Å²) in [7, 11) is -3.13. The highest BCUT2D eigenvalue weighted by Gasteiger charge is 2.25. The lowest BCUT2D eigenvalue weighted by atomic mass is 10.0. The molecule has 0 spiro atoms. The summed E-state index contributed by atoms with van der Waals surface area (Å²) in [6.07, 6.45) is 3.22. The number of anilines is 1. The Morgan fingerprint density at radius 3 is 2.63 bits per heavy atom. The van der Waals surface area contributed by atoms with Crippen LogP contribution in [0.4, 0.5) is 5.82 Å². The number of aliphatic imine (C=N–C) groups is 1. The van der Waals surface area contributed by atoms with Crippen LogP contribution < -0.4 is 4.90 Å². The van der Waals surface area contributed by atoms with E-state index >= 15 is 0 Å². The monoisotopic (exact) mass is 512 g/mol. The molecule has 0 radical (unpaired) electrons. The standard InChI is InChI=1S/C24H28N6O3S2/c1-35(31,32)30-7-5-28(6-8-30)16-18-13-20-23(29-9-11-33-12-10-29)26-22(27-24(20)34-18)19-4-2-3-17-14-25-15-21(17)19/h2-4,13,15H,5-12,14,16H2,1H3. The van der Waals surface area contributed by atoms with Gasteiger partial charge in [0.1, 0.15) is 10.6 Å². The average Bonchev–Trinajstić information content (AvgIpc) is 3.50. The van der Waals surface area contributed by atoms with Crippen LogP contribution in [0.1, 0.15) is 16.0 Å². The van der Waals surface area contributed by atoms with Crippen LogP contribution in [0.3, 0.4) is 0 Å². The molecule has 0 aliphatic carbocycles. The van der Waals surface area contributed by atoms with Gasteiger partial charge in [-0.05, 0) is 11.6 Å². The molecular formula is C24H28N6O3S2. The smallest absolute Gasteiger partial charge is 0.211 e. The zero-order valence-electron chi connectivity index (χ0n) is 19.7. The summed E-state index contributed by atoms with van der Waals surface area (Å²) in [5.74, 6) is 1.70. The molecule has 0 saturated carbocycles. The van der Waals surface area contributed by atoms with Crippen LogP contribution in [-0.4, -0.2) is 92.5 Å². The molecule has 0 bridgehead atoms. The highest BCUT2D eigenvalue weighted by Crippen LogP contribution is 2.36. The normalized spacial score (nSPS) is 19.5. The van der Waals surface area contributed by atoms with Gasteiger partial charge >= 0.3 is 0 Å². The van der Waals surface area contributed by atoms with Gasteiger partial charge in [0.15, 0.2) is 5.82 Å². The highest BCUT2D eigenvalue weighted by atomic mass is 32.2. The van der Waals surface area contributed by atoms with Crippen molar-refractivity contribution in [2.45, 2.75) is 13.1 Å². The van der Waals surface area contributed by atoms with Gasteiger partial charge < -0.3 is 9.64 Å². The molecular weight excluding hydrogens is 484 g/mol. The minimum absolute atomic E-state index is 0.535. The van der Waals surface area contributed by atoms with Crippen molar-refractivity contribution in [1.29, 1.82) is 0 Å². The summed E-state index contributed by atoms with van der Waals surface area (Å²) in [5, 5.41) is 1.08. The molecule has 0 unspecified atom stereocenters. The number of benzene rings is 1. The first kappa shape index (κ1) is 23.0. The fourth-order valence-electron chi connectivity index (χ4n) is 4.94. The largest absolute Gasteiger partial charge is 0.378 e. The molecule has 11 heteroatoms. The summed E-state index contributed by atoms with van der Waals surface area (Å²) in [6.45, 7) is 7.00. The van der Waals surface area contributed by atoms with Crippen LogP contribution in [0.2, 0.25) is 0 Å². The third-order valence-electron chi connectivity index (χ3n) is 6.83. The first-order valence-corrected chi connectivity index (χ1v) is 14.5. The van der Waals surface area contributed by atoms with Crippen molar-refractivity contribution in [2.24, 2.45) is 4.99 Å². The van der Waals surface area contributed by atoms with Gasteiger partial charge in [-0.1, -0.05) is 18.2 Å². The van der Waals surface area contributed by atoms with Gasteiger partial charge in [-0.2, -0.15) is 4.31 Å². The van der Waals surface area contributed by atoms with Crippen molar-refractivity contribution in [3.63, 3.8) is 0 Å². The van der Waals surface area contributed by atoms with E-state index in [9.17, 15) is 8.42 Å². The van der Waals surface area contributed by atoms with Gasteiger partial charge in [0, 0.05) is 68.0 Å². The Morgan fingerprint density at radius 2 is 1.86 bits per heavy atom. The molecule has 9 nitrogen and oxygen atoms in total. The second kappa shape index (κ2) is 9.21. The van der Waals surface area contributed by atoms with Crippen LogP contribution in [0.5, 0.6) is 0 Å². The number of morpholine rings is 1. The topological polar surface area (TPSA) is 91.2 Å².